The van der Waals surface area contributed by atoms with Crippen molar-refractivity contribution >= 4 is 22.2 Å². The van der Waals surface area contributed by atoms with Crippen molar-refractivity contribution in [3.63, 3.8) is 0 Å². The van der Waals surface area contributed by atoms with Crippen molar-refractivity contribution in [1.82, 2.24) is 4.98 Å². The molecule has 24 heavy (non-hydrogen) atoms. The van der Waals surface area contributed by atoms with E-state index in [2.05, 4.69) is 36.3 Å². The van der Waals surface area contributed by atoms with Gasteiger partial charge < -0.3 is 15.4 Å². The highest BCUT2D eigenvalue weighted by molar-refractivity contribution is 7.14. The topological polar surface area (TPSA) is 51.4 Å². The lowest BCUT2D eigenvalue weighted by Gasteiger charge is -2.31. The number of nitrogens with two attached hydrogens (primary N) is 1. The zero-order chi connectivity index (χ0) is 15.3. The highest BCUT2D eigenvalue weighted by Gasteiger charge is 2.34. The first-order chi connectivity index (χ1) is 10.6. The third kappa shape index (κ3) is 3.15. The molecule has 5 heteroatoms. The van der Waals surface area contributed by atoms with E-state index < -0.39 is 0 Å². The molecule has 0 amide bonds. The van der Waals surface area contributed by atoms with Crippen LogP contribution in [0.15, 0.2) is 17.5 Å². The Morgan fingerprint density at radius 2 is 1.83 bits per heavy atom. The Bertz CT molecular complexity index is 701. The molecule has 3 heterocycles. The van der Waals surface area contributed by atoms with Crippen LogP contribution in [0.5, 0.6) is 0 Å². The van der Waals surface area contributed by atoms with Crippen LogP contribution in [0.4, 0.5) is 10.8 Å². The summed E-state index contributed by atoms with van der Waals surface area (Å²) < 4.78 is 5.90. The van der Waals surface area contributed by atoms with Crippen LogP contribution in [0.25, 0.3) is 11.3 Å². The van der Waals surface area contributed by atoms with Gasteiger partial charge in [-0.05, 0) is 37.8 Å². The van der Waals surface area contributed by atoms with Crippen LogP contribution < -0.4 is 10.6 Å². The first kappa shape index (κ1) is 18.7. The molecule has 0 spiro atoms. The molecular weight excluding hydrogens is 318 g/mol. The van der Waals surface area contributed by atoms with Gasteiger partial charge in [0.05, 0.1) is 17.9 Å². The molecule has 0 radical (unpaired) electrons. The highest BCUT2D eigenvalue weighted by Crippen LogP contribution is 2.36. The van der Waals surface area contributed by atoms with E-state index in [1.807, 2.05) is 0 Å². The van der Waals surface area contributed by atoms with Gasteiger partial charge in [-0.25, -0.2) is 4.98 Å². The van der Waals surface area contributed by atoms with Gasteiger partial charge >= 0.3 is 0 Å². The molecule has 2 saturated heterocycles. The number of anilines is 2. The van der Waals surface area contributed by atoms with E-state index in [1.54, 1.807) is 11.3 Å². The average molecular weight is 348 g/mol. The maximum Gasteiger partial charge on any atom is 0.186 e. The molecule has 4 rings (SSSR count). The van der Waals surface area contributed by atoms with Crippen LogP contribution in [0.2, 0.25) is 0 Å². The Labute approximate surface area is 149 Å². The monoisotopic (exact) mass is 347 g/mol. The summed E-state index contributed by atoms with van der Waals surface area (Å²) in [4.78, 5) is 7.21. The van der Waals surface area contributed by atoms with E-state index in [1.165, 1.54) is 18.4 Å². The fraction of sp³-hybridized carbons (Fsp3) is 0.526. The summed E-state index contributed by atoms with van der Waals surface area (Å²) in [6, 6.07) is 4.20. The van der Waals surface area contributed by atoms with Crippen LogP contribution in [0, 0.1) is 13.8 Å². The zero-order valence-corrected chi connectivity index (χ0v) is 13.8. The van der Waals surface area contributed by atoms with Crippen LogP contribution in [-0.4, -0.2) is 30.3 Å². The Kier molecular flexibility index (Phi) is 5.56. The van der Waals surface area contributed by atoms with Gasteiger partial charge in [-0.1, -0.05) is 27.0 Å². The quantitative estimate of drug-likeness (QED) is 0.804. The minimum absolute atomic E-state index is 0. The molecule has 1 aromatic carbocycles. The van der Waals surface area contributed by atoms with E-state index in [0.717, 1.165) is 40.7 Å². The molecule has 2 aliphatic heterocycles. The molecule has 132 valence electrons. The number of benzene rings is 1. The summed E-state index contributed by atoms with van der Waals surface area (Å²) in [6.45, 7) is 6.09. The SMILES string of the molecule is C.C.Cc1ccc(-c2csc(N3CC4CCC(C3)O4)n2)c(N)c1C. The van der Waals surface area contributed by atoms with Gasteiger partial charge in [0.1, 0.15) is 0 Å². The first-order valence-electron chi connectivity index (χ1n) is 7.84. The number of aryl methyl sites for hydroxylation is 1. The smallest absolute Gasteiger partial charge is 0.186 e. The van der Waals surface area contributed by atoms with E-state index in [-0.39, 0.29) is 14.9 Å². The summed E-state index contributed by atoms with van der Waals surface area (Å²) in [5.74, 6) is 0. The van der Waals surface area contributed by atoms with Crippen LogP contribution >= 0.6 is 11.3 Å². The molecule has 2 aromatic rings. The van der Waals surface area contributed by atoms with Gasteiger partial charge in [0.15, 0.2) is 5.13 Å². The summed E-state index contributed by atoms with van der Waals surface area (Å²) in [6.07, 6.45) is 3.14. The van der Waals surface area contributed by atoms with E-state index in [0.29, 0.717) is 12.2 Å². The third-order valence-corrected chi connectivity index (χ3v) is 5.77. The predicted molar refractivity (Wildman–Crippen MR) is 105 cm³/mol. The predicted octanol–water partition coefficient (Wildman–Crippen LogP) is 4.65. The summed E-state index contributed by atoms with van der Waals surface area (Å²) >= 11 is 1.71. The normalized spacial score (nSPS) is 22.0. The third-order valence-electron chi connectivity index (χ3n) is 4.87. The second-order valence-corrected chi connectivity index (χ2v) is 7.18. The molecule has 2 N–H and O–H groups in total. The molecule has 2 fully saturated rings. The number of thiazole rings is 1. The lowest BCUT2D eigenvalue weighted by Crippen LogP contribution is -2.42. The van der Waals surface area contributed by atoms with Crippen molar-refractivity contribution in [2.45, 2.75) is 53.8 Å². The number of hydrogen-bond acceptors (Lipinski definition) is 5. The van der Waals surface area contributed by atoms with Crippen molar-refractivity contribution in [2.24, 2.45) is 0 Å². The molecule has 0 saturated carbocycles. The van der Waals surface area contributed by atoms with E-state index in [9.17, 15) is 0 Å². The van der Waals surface area contributed by atoms with Gasteiger partial charge in [0.25, 0.3) is 0 Å². The van der Waals surface area contributed by atoms with Crippen LogP contribution in [0.3, 0.4) is 0 Å². The Balaban J connectivity index is 0.00000104. The Morgan fingerprint density at radius 1 is 1.17 bits per heavy atom. The van der Waals surface area contributed by atoms with Crippen molar-refractivity contribution in [2.75, 3.05) is 23.7 Å². The molecule has 2 bridgehead atoms. The van der Waals surface area contributed by atoms with Crippen LogP contribution in [-0.2, 0) is 4.74 Å². The van der Waals surface area contributed by atoms with Crippen molar-refractivity contribution < 1.29 is 4.74 Å². The lowest BCUT2D eigenvalue weighted by molar-refractivity contribution is 0.0305. The first-order valence-corrected chi connectivity index (χ1v) is 8.72. The average Bonchev–Trinajstić information content (AvgIpc) is 3.12. The summed E-state index contributed by atoms with van der Waals surface area (Å²) in [5.41, 5.74) is 11.5. The Morgan fingerprint density at radius 3 is 2.50 bits per heavy atom. The fourth-order valence-electron chi connectivity index (χ4n) is 3.37. The molecule has 0 aliphatic carbocycles. The number of fused-ring (bicyclic) bond motifs is 2. The number of hydrogen-bond donors (Lipinski definition) is 1. The van der Waals surface area contributed by atoms with Crippen molar-refractivity contribution in [1.29, 1.82) is 0 Å². The minimum atomic E-state index is 0. The number of ether oxygens (including phenoxy) is 1. The minimum Gasteiger partial charge on any atom is -0.398 e. The van der Waals surface area contributed by atoms with Gasteiger partial charge in [-0.2, -0.15) is 0 Å². The fourth-order valence-corrected chi connectivity index (χ4v) is 4.21. The van der Waals surface area contributed by atoms with Gasteiger partial charge in [0, 0.05) is 29.7 Å². The number of nitrogens with zero attached hydrogens (tertiary/aromatic N) is 2. The van der Waals surface area contributed by atoms with Gasteiger partial charge in [-0.3, -0.25) is 0 Å². The number of nitrogen functional groups attached to an aromatic ring is 1. The summed E-state index contributed by atoms with van der Waals surface area (Å²) in [5, 5.41) is 3.21. The van der Waals surface area contributed by atoms with Crippen molar-refractivity contribution in [3.8, 4) is 11.3 Å². The number of aromatic nitrogens is 1. The molecule has 2 unspecified atom stereocenters. The second-order valence-electron chi connectivity index (χ2n) is 6.35. The second kappa shape index (κ2) is 7.11. The number of rotatable bonds is 2. The van der Waals surface area contributed by atoms with Crippen molar-refractivity contribution in [3.05, 3.63) is 28.6 Å². The summed E-state index contributed by atoms with van der Waals surface area (Å²) in [7, 11) is 0. The molecule has 2 aliphatic rings. The molecular formula is C19H29N3OS. The van der Waals surface area contributed by atoms with Gasteiger partial charge in [-0.15, -0.1) is 11.3 Å². The largest absolute Gasteiger partial charge is 0.398 e. The van der Waals surface area contributed by atoms with Gasteiger partial charge in [0.2, 0.25) is 0 Å². The standard InChI is InChI=1S/C17H21N3OS.2CH4/c1-10-3-6-14(16(18)11(10)2)15-9-22-17(19-15)20-7-12-4-5-13(8-20)21-12;;/h3,6,9,12-13H,4-5,7-8,18H2,1-2H3;2*1H4. The zero-order valence-electron chi connectivity index (χ0n) is 13.0. The van der Waals surface area contributed by atoms with E-state index >= 15 is 0 Å². The molecule has 4 nitrogen and oxygen atoms in total. The maximum atomic E-state index is 6.29. The molecule has 1 aromatic heterocycles. The number of morpholine rings is 1. The maximum absolute atomic E-state index is 6.29. The Hall–Kier alpha value is -1.59. The lowest BCUT2D eigenvalue weighted by atomic mass is 10.0. The van der Waals surface area contributed by atoms with E-state index in [4.69, 9.17) is 15.5 Å². The molecule has 2 atom stereocenters. The highest BCUT2D eigenvalue weighted by atomic mass is 32.1. The van der Waals surface area contributed by atoms with Crippen LogP contribution in [0.1, 0.15) is 38.8 Å².